The second-order valence-electron chi connectivity index (χ2n) is 5.96. The van der Waals surface area contributed by atoms with Crippen molar-refractivity contribution < 1.29 is 14.7 Å². The molecular formula is C16H20N2O3. The number of pyridine rings is 1. The van der Waals surface area contributed by atoms with Crippen molar-refractivity contribution in [2.75, 3.05) is 6.54 Å². The number of likely N-dealkylation sites (tertiary alicyclic amines) is 1. The van der Waals surface area contributed by atoms with E-state index >= 15 is 0 Å². The first kappa shape index (κ1) is 14.0. The van der Waals surface area contributed by atoms with Gasteiger partial charge in [-0.25, -0.2) is 4.79 Å². The number of carbonyl (C=O) groups is 2. The Morgan fingerprint density at radius 3 is 2.76 bits per heavy atom. The monoisotopic (exact) mass is 288 g/mol. The Kier molecular flexibility index (Phi) is 3.90. The summed E-state index contributed by atoms with van der Waals surface area (Å²) in [7, 11) is 0. The number of carboxylic acids is 1. The molecule has 1 saturated carbocycles. The number of rotatable bonds is 2. The predicted octanol–water partition coefficient (Wildman–Crippen LogP) is 2.57. The lowest BCUT2D eigenvalue weighted by atomic mass is 9.78. The molecule has 0 aromatic carbocycles. The van der Waals surface area contributed by atoms with Crippen LogP contribution in [0.25, 0.3) is 0 Å². The quantitative estimate of drug-likeness (QED) is 0.908. The fourth-order valence-corrected chi connectivity index (χ4v) is 3.76. The lowest BCUT2D eigenvalue weighted by molar-refractivity contribution is 0.0380. The number of aromatic carboxylic acids is 1. The van der Waals surface area contributed by atoms with Gasteiger partial charge in [0.05, 0.1) is 5.56 Å². The van der Waals surface area contributed by atoms with E-state index in [2.05, 4.69) is 4.98 Å². The number of hydrogen-bond acceptors (Lipinski definition) is 3. The minimum Gasteiger partial charge on any atom is -0.478 e. The average molecular weight is 288 g/mol. The zero-order chi connectivity index (χ0) is 14.8. The Hall–Kier alpha value is -1.91. The summed E-state index contributed by atoms with van der Waals surface area (Å²) < 4.78 is 0. The van der Waals surface area contributed by atoms with Crippen LogP contribution in [0.3, 0.4) is 0 Å². The summed E-state index contributed by atoms with van der Waals surface area (Å²) in [4.78, 5) is 30.0. The zero-order valence-electron chi connectivity index (χ0n) is 12.0. The topological polar surface area (TPSA) is 70.5 Å². The Bertz CT molecular complexity index is 556. The molecule has 2 fully saturated rings. The number of hydrogen-bond donors (Lipinski definition) is 1. The largest absolute Gasteiger partial charge is 0.478 e. The molecule has 1 saturated heterocycles. The third kappa shape index (κ3) is 2.64. The number of amides is 1. The van der Waals surface area contributed by atoms with Gasteiger partial charge in [0, 0.05) is 18.8 Å². The van der Waals surface area contributed by atoms with Gasteiger partial charge in [-0.1, -0.05) is 12.8 Å². The van der Waals surface area contributed by atoms with Gasteiger partial charge in [0.2, 0.25) is 0 Å². The molecule has 1 aliphatic heterocycles. The normalized spacial score (nSPS) is 25.2. The summed E-state index contributed by atoms with van der Waals surface area (Å²) in [6.07, 6.45) is 8.28. The van der Waals surface area contributed by atoms with Crippen LogP contribution in [0.5, 0.6) is 0 Å². The van der Waals surface area contributed by atoms with Crippen LogP contribution in [0.15, 0.2) is 18.3 Å². The molecule has 0 radical (unpaired) electrons. The highest BCUT2D eigenvalue weighted by molar-refractivity contribution is 6.03. The van der Waals surface area contributed by atoms with E-state index in [1.807, 2.05) is 4.90 Å². The van der Waals surface area contributed by atoms with E-state index in [0.29, 0.717) is 5.92 Å². The van der Waals surface area contributed by atoms with E-state index in [9.17, 15) is 14.7 Å². The van der Waals surface area contributed by atoms with Crippen molar-refractivity contribution in [2.45, 2.75) is 44.6 Å². The molecule has 1 amide bonds. The van der Waals surface area contributed by atoms with Gasteiger partial charge in [-0.15, -0.1) is 0 Å². The van der Waals surface area contributed by atoms with Crippen LogP contribution in [0.2, 0.25) is 0 Å². The molecule has 3 rings (SSSR count). The Morgan fingerprint density at radius 1 is 1.19 bits per heavy atom. The average Bonchev–Trinajstić information content (AvgIpc) is 2.53. The molecular weight excluding hydrogens is 268 g/mol. The number of nitrogens with zero attached hydrogens (tertiary/aromatic N) is 2. The Labute approximate surface area is 124 Å². The van der Waals surface area contributed by atoms with Crippen LogP contribution in [0.1, 0.15) is 59.4 Å². The molecule has 2 heterocycles. The van der Waals surface area contributed by atoms with E-state index in [-0.39, 0.29) is 23.2 Å². The standard InChI is InChI=1S/C16H20N2O3/c19-15(14-12(16(20)21)7-3-9-17-14)18-10-4-6-11-5-1-2-8-13(11)18/h3,7,9,11,13H,1-2,4-6,8,10H2,(H,20,21). The lowest BCUT2D eigenvalue weighted by Crippen LogP contribution is -2.50. The summed E-state index contributed by atoms with van der Waals surface area (Å²) in [6.45, 7) is 0.718. The molecule has 5 nitrogen and oxygen atoms in total. The third-order valence-corrected chi connectivity index (χ3v) is 4.74. The molecule has 5 heteroatoms. The molecule has 21 heavy (non-hydrogen) atoms. The van der Waals surface area contributed by atoms with Crippen LogP contribution in [0.4, 0.5) is 0 Å². The van der Waals surface area contributed by atoms with E-state index in [1.165, 1.54) is 31.5 Å². The smallest absolute Gasteiger partial charge is 0.338 e. The van der Waals surface area contributed by atoms with Gasteiger partial charge in [-0.05, 0) is 43.7 Å². The molecule has 2 atom stereocenters. The van der Waals surface area contributed by atoms with Crippen molar-refractivity contribution in [3.63, 3.8) is 0 Å². The Morgan fingerprint density at radius 2 is 1.95 bits per heavy atom. The van der Waals surface area contributed by atoms with Crippen molar-refractivity contribution in [1.82, 2.24) is 9.88 Å². The number of fused-ring (bicyclic) bond motifs is 1. The van der Waals surface area contributed by atoms with Crippen LogP contribution in [-0.4, -0.2) is 39.5 Å². The molecule has 1 aromatic heterocycles. The van der Waals surface area contributed by atoms with Crippen LogP contribution in [-0.2, 0) is 0 Å². The summed E-state index contributed by atoms with van der Waals surface area (Å²) in [5.74, 6) is -0.735. The maximum atomic E-state index is 12.8. The molecule has 1 aliphatic carbocycles. The van der Waals surface area contributed by atoms with Gasteiger partial charge in [0.1, 0.15) is 5.69 Å². The van der Waals surface area contributed by atoms with Crippen molar-refractivity contribution >= 4 is 11.9 Å². The second kappa shape index (κ2) is 5.84. The van der Waals surface area contributed by atoms with Gasteiger partial charge in [-0.2, -0.15) is 0 Å². The number of carboxylic acid groups (broad SMARTS) is 1. The third-order valence-electron chi connectivity index (χ3n) is 4.74. The summed E-state index contributed by atoms with van der Waals surface area (Å²) in [5.41, 5.74) is 0.0802. The Balaban J connectivity index is 1.89. The molecule has 112 valence electrons. The van der Waals surface area contributed by atoms with Gasteiger partial charge >= 0.3 is 5.97 Å². The van der Waals surface area contributed by atoms with Crippen molar-refractivity contribution in [3.05, 3.63) is 29.6 Å². The van der Waals surface area contributed by atoms with Crippen molar-refractivity contribution in [3.8, 4) is 0 Å². The van der Waals surface area contributed by atoms with Crippen LogP contribution < -0.4 is 0 Å². The molecule has 1 N–H and O–H groups in total. The first-order chi connectivity index (χ1) is 10.2. The van der Waals surface area contributed by atoms with Gasteiger partial charge in [-0.3, -0.25) is 9.78 Å². The molecule has 0 bridgehead atoms. The van der Waals surface area contributed by atoms with E-state index < -0.39 is 5.97 Å². The highest BCUT2D eigenvalue weighted by atomic mass is 16.4. The van der Waals surface area contributed by atoms with E-state index in [1.54, 1.807) is 6.07 Å². The fraction of sp³-hybridized carbons (Fsp3) is 0.562. The molecule has 2 unspecified atom stereocenters. The van der Waals surface area contributed by atoms with Crippen molar-refractivity contribution in [1.29, 1.82) is 0 Å². The summed E-state index contributed by atoms with van der Waals surface area (Å²) >= 11 is 0. The number of piperidine rings is 1. The second-order valence-corrected chi connectivity index (χ2v) is 5.96. The van der Waals surface area contributed by atoms with Crippen molar-refractivity contribution in [2.24, 2.45) is 5.92 Å². The van der Waals surface area contributed by atoms with Gasteiger partial charge in [0.25, 0.3) is 5.91 Å². The minimum atomic E-state index is -1.09. The lowest BCUT2D eigenvalue weighted by Gasteiger charge is -2.44. The summed E-state index contributed by atoms with van der Waals surface area (Å²) in [6, 6.07) is 3.27. The maximum absolute atomic E-state index is 12.8. The SMILES string of the molecule is O=C(O)c1cccnc1C(=O)N1CCCC2CCCCC21. The highest BCUT2D eigenvalue weighted by Crippen LogP contribution is 2.35. The zero-order valence-corrected chi connectivity index (χ0v) is 12.0. The predicted molar refractivity (Wildman–Crippen MR) is 77.2 cm³/mol. The molecule has 0 spiro atoms. The first-order valence-corrected chi connectivity index (χ1v) is 7.68. The molecule has 1 aromatic rings. The van der Waals surface area contributed by atoms with Crippen LogP contribution in [0, 0.1) is 5.92 Å². The highest BCUT2D eigenvalue weighted by Gasteiger charge is 2.37. The van der Waals surface area contributed by atoms with Gasteiger partial charge in [0.15, 0.2) is 0 Å². The number of aromatic nitrogens is 1. The minimum absolute atomic E-state index is 0.000401. The van der Waals surface area contributed by atoms with Crippen LogP contribution >= 0.6 is 0 Å². The van der Waals surface area contributed by atoms with E-state index in [0.717, 1.165) is 25.8 Å². The first-order valence-electron chi connectivity index (χ1n) is 7.68. The number of carbonyl (C=O) groups excluding carboxylic acids is 1. The summed E-state index contributed by atoms with van der Waals surface area (Å²) in [5, 5.41) is 9.23. The fourth-order valence-electron chi connectivity index (χ4n) is 3.76. The van der Waals surface area contributed by atoms with E-state index in [4.69, 9.17) is 0 Å². The molecule has 2 aliphatic rings. The maximum Gasteiger partial charge on any atom is 0.338 e. The van der Waals surface area contributed by atoms with Gasteiger partial charge < -0.3 is 10.0 Å².